The molecule has 1 unspecified atom stereocenters. The van der Waals surface area contributed by atoms with Gasteiger partial charge in [-0.15, -0.1) is 5.10 Å². The van der Waals surface area contributed by atoms with Crippen molar-refractivity contribution < 1.29 is 4.74 Å². The van der Waals surface area contributed by atoms with Gasteiger partial charge in [0, 0.05) is 31.3 Å². The molecule has 0 saturated carbocycles. The van der Waals surface area contributed by atoms with Crippen LogP contribution < -0.4 is 0 Å². The number of unbranched alkanes of at least 4 members (excludes halogenated alkanes) is 1. The molecule has 0 radical (unpaired) electrons. The summed E-state index contributed by atoms with van der Waals surface area (Å²) in [5.74, 6) is 1.72. The van der Waals surface area contributed by atoms with Gasteiger partial charge < -0.3 is 9.30 Å². The van der Waals surface area contributed by atoms with Crippen molar-refractivity contribution in [2.75, 3.05) is 6.61 Å². The topological polar surface area (TPSA) is 70.7 Å². The van der Waals surface area contributed by atoms with Gasteiger partial charge in [0.05, 0.1) is 0 Å². The zero-order valence-electron chi connectivity index (χ0n) is 19.3. The van der Waals surface area contributed by atoms with Crippen LogP contribution >= 0.6 is 11.6 Å². The van der Waals surface area contributed by atoms with Gasteiger partial charge in [-0.25, -0.2) is 4.98 Å². The predicted molar refractivity (Wildman–Crippen MR) is 130 cm³/mol. The summed E-state index contributed by atoms with van der Waals surface area (Å²) in [6.45, 7) is 7.41. The highest BCUT2D eigenvalue weighted by Crippen LogP contribution is 2.32. The molecule has 0 saturated heterocycles. The Morgan fingerprint density at radius 2 is 1.79 bits per heavy atom. The fraction of sp³-hybridized carbons (Fsp3) is 0.360. The Balaban J connectivity index is 1.60. The minimum atomic E-state index is -0.251. The Bertz CT molecular complexity index is 1180. The quantitative estimate of drug-likeness (QED) is 0.296. The van der Waals surface area contributed by atoms with Gasteiger partial charge >= 0.3 is 0 Å². The van der Waals surface area contributed by atoms with E-state index in [-0.39, 0.29) is 6.23 Å². The molecule has 0 aliphatic carbocycles. The molecular formula is C25H29ClN6O. The van der Waals surface area contributed by atoms with Gasteiger partial charge in [-0.1, -0.05) is 73.5 Å². The van der Waals surface area contributed by atoms with Crippen LogP contribution in [0.25, 0.3) is 22.5 Å². The smallest absolute Gasteiger partial charge is 0.185 e. The highest BCUT2D eigenvalue weighted by atomic mass is 35.5. The second kappa shape index (κ2) is 10.7. The highest BCUT2D eigenvalue weighted by molar-refractivity contribution is 6.29. The third-order valence-electron chi connectivity index (χ3n) is 5.61. The number of aromatic nitrogens is 6. The first-order chi connectivity index (χ1) is 16.1. The molecule has 0 spiro atoms. The van der Waals surface area contributed by atoms with Gasteiger partial charge in [-0.2, -0.15) is 4.68 Å². The molecule has 4 aromatic rings. The number of rotatable bonds is 10. The molecule has 0 bridgehead atoms. The number of hydrogen-bond donors (Lipinski definition) is 0. The van der Waals surface area contributed by atoms with E-state index in [1.807, 2.05) is 38.2 Å². The summed E-state index contributed by atoms with van der Waals surface area (Å²) in [6, 6.07) is 16.7. The van der Waals surface area contributed by atoms with E-state index in [0.29, 0.717) is 17.6 Å². The summed E-state index contributed by atoms with van der Waals surface area (Å²) in [4.78, 5) is 4.48. The van der Waals surface area contributed by atoms with E-state index < -0.39 is 0 Å². The van der Waals surface area contributed by atoms with Gasteiger partial charge in [0.15, 0.2) is 12.1 Å². The maximum absolute atomic E-state index is 6.18. The summed E-state index contributed by atoms with van der Waals surface area (Å²) in [5, 5.41) is 12.9. The van der Waals surface area contributed by atoms with E-state index in [4.69, 9.17) is 16.3 Å². The van der Waals surface area contributed by atoms with E-state index in [9.17, 15) is 0 Å². The maximum Gasteiger partial charge on any atom is 0.185 e. The normalized spacial score (nSPS) is 12.2. The minimum Gasteiger partial charge on any atom is -0.357 e. The number of nitrogens with zero attached hydrogens (tertiary/aromatic N) is 6. The SMILES string of the molecule is CCCCc1nc(Cl)cn1Cc1ccc(-c2ccccc2-c2nnnn2C(C)OCC)cc1. The third kappa shape index (κ3) is 5.31. The number of imidazole rings is 1. The maximum atomic E-state index is 6.18. The van der Waals surface area contributed by atoms with Gasteiger partial charge in [0.1, 0.15) is 11.0 Å². The highest BCUT2D eigenvalue weighted by Gasteiger charge is 2.18. The van der Waals surface area contributed by atoms with E-state index in [1.165, 1.54) is 5.56 Å². The number of halogens is 1. The van der Waals surface area contributed by atoms with E-state index in [2.05, 4.69) is 62.3 Å². The van der Waals surface area contributed by atoms with Crippen LogP contribution in [0, 0.1) is 0 Å². The van der Waals surface area contributed by atoms with Crippen LogP contribution in [-0.4, -0.2) is 36.4 Å². The van der Waals surface area contributed by atoms with Crippen LogP contribution in [0.5, 0.6) is 0 Å². The molecule has 1 atom stereocenters. The fourth-order valence-electron chi connectivity index (χ4n) is 3.93. The van der Waals surface area contributed by atoms with Gasteiger partial charge in [0.25, 0.3) is 0 Å². The standard InChI is InChI=1S/C25H29ClN6O/c1-4-6-11-24-27-23(26)17-31(24)16-19-12-14-20(15-13-19)21-9-7-8-10-22(21)25-28-29-30-32(25)18(3)33-5-2/h7-10,12-15,17-18H,4-6,11,16H2,1-3H3. The van der Waals surface area contributed by atoms with Crippen molar-refractivity contribution in [3.8, 4) is 22.5 Å². The van der Waals surface area contributed by atoms with Crippen molar-refractivity contribution in [1.82, 2.24) is 29.8 Å². The van der Waals surface area contributed by atoms with Gasteiger partial charge in [-0.05, 0) is 47.4 Å². The van der Waals surface area contributed by atoms with Gasteiger partial charge in [0.2, 0.25) is 0 Å². The Hall–Kier alpha value is -3.03. The Morgan fingerprint density at radius 3 is 2.52 bits per heavy atom. The van der Waals surface area contributed by atoms with E-state index in [1.54, 1.807) is 4.68 Å². The Kier molecular flexibility index (Phi) is 7.52. The molecule has 8 heteroatoms. The lowest BCUT2D eigenvalue weighted by atomic mass is 9.98. The summed E-state index contributed by atoms with van der Waals surface area (Å²) < 4.78 is 9.57. The second-order valence-electron chi connectivity index (χ2n) is 7.96. The summed E-state index contributed by atoms with van der Waals surface area (Å²) >= 11 is 6.18. The summed E-state index contributed by atoms with van der Waals surface area (Å²) in [7, 11) is 0. The average Bonchev–Trinajstić information content (AvgIpc) is 3.45. The van der Waals surface area contributed by atoms with Crippen molar-refractivity contribution in [3.05, 3.63) is 71.3 Å². The molecule has 2 aromatic heterocycles. The number of tetrazole rings is 1. The molecule has 2 heterocycles. The lowest BCUT2D eigenvalue weighted by Gasteiger charge is -2.15. The zero-order valence-corrected chi connectivity index (χ0v) is 20.0. The monoisotopic (exact) mass is 464 g/mol. The summed E-state index contributed by atoms with van der Waals surface area (Å²) in [6.07, 6.45) is 4.83. The lowest BCUT2D eigenvalue weighted by molar-refractivity contribution is 0.0159. The first kappa shape index (κ1) is 23.1. The van der Waals surface area contributed by atoms with Gasteiger partial charge in [-0.3, -0.25) is 0 Å². The summed E-state index contributed by atoms with van der Waals surface area (Å²) in [5.41, 5.74) is 4.32. The second-order valence-corrected chi connectivity index (χ2v) is 8.34. The Labute approximate surface area is 199 Å². The third-order valence-corrected chi connectivity index (χ3v) is 5.80. The molecular weight excluding hydrogens is 436 g/mol. The van der Waals surface area contributed by atoms with E-state index >= 15 is 0 Å². The number of benzene rings is 2. The molecule has 4 rings (SSSR count). The Morgan fingerprint density at radius 1 is 1.03 bits per heavy atom. The predicted octanol–water partition coefficient (Wildman–Crippen LogP) is 5.80. The van der Waals surface area contributed by atoms with Crippen molar-refractivity contribution in [2.24, 2.45) is 0 Å². The number of hydrogen-bond acceptors (Lipinski definition) is 5. The first-order valence-electron chi connectivity index (χ1n) is 11.4. The van der Waals surface area contributed by atoms with E-state index in [0.717, 1.165) is 48.3 Å². The molecule has 7 nitrogen and oxygen atoms in total. The fourth-order valence-corrected chi connectivity index (χ4v) is 4.15. The molecule has 172 valence electrons. The van der Waals surface area contributed by atoms with Crippen LogP contribution in [0.15, 0.2) is 54.7 Å². The van der Waals surface area contributed by atoms with Crippen LogP contribution in [0.1, 0.15) is 51.2 Å². The first-order valence-corrected chi connectivity index (χ1v) is 11.8. The molecule has 0 aliphatic rings. The van der Waals surface area contributed by atoms with Crippen molar-refractivity contribution in [3.63, 3.8) is 0 Å². The lowest BCUT2D eigenvalue weighted by Crippen LogP contribution is -2.12. The largest absolute Gasteiger partial charge is 0.357 e. The van der Waals surface area contributed by atoms with Crippen LogP contribution in [0.2, 0.25) is 5.15 Å². The average molecular weight is 465 g/mol. The number of aryl methyl sites for hydroxylation is 1. The van der Waals surface area contributed by atoms with Crippen molar-refractivity contribution in [1.29, 1.82) is 0 Å². The molecule has 0 aliphatic heterocycles. The number of ether oxygens (including phenoxy) is 1. The molecule has 33 heavy (non-hydrogen) atoms. The van der Waals surface area contributed by atoms with Crippen LogP contribution in [0.3, 0.4) is 0 Å². The van der Waals surface area contributed by atoms with Crippen LogP contribution in [0.4, 0.5) is 0 Å². The minimum absolute atomic E-state index is 0.251. The zero-order chi connectivity index (χ0) is 23.2. The molecule has 0 amide bonds. The van der Waals surface area contributed by atoms with Crippen molar-refractivity contribution in [2.45, 2.75) is 52.8 Å². The van der Waals surface area contributed by atoms with Crippen molar-refractivity contribution >= 4 is 11.6 Å². The molecule has 0 N–H and O–H groups in total. The molecule has 0 fully saturated rings. The molecule has 2 aromatic carbocycles. The van der Waals surface area contributed by atoms with Crippen LogP contribution in [-0.2, 0) is 17.7 Å².